The first-order chi connectivity index (χ1) is 24.3. The van der Waals surface area contributed by atoms with Gasteiger partial charge in [-0.25, -0.2) is 0 Å². The normalized spacial score (nSPS) is 14.7. The lowest BCUT2D eigenvalue weighted by Crippen LogP contribution is -2.17. The molecule has 2 heteroatoms. The van der Waals surface area contributed by atoms with E-state index in [2.05, 4.69) is 184 Å². The first-order valence-corrected chi connectivity index (χ1v) is 17.6. The van der Waals surface area contributed by atoms with E-state index in [4.69, 9.17) is 4.42 Å². The number of para-hydroxylation sites is 1. The molecule has 0 radical (unpaired) electrons. The number of furan rings is 1. The zero-order valence-corrected chi connectivity index (χ0v) is 28.8. The first-order valence-electron chi connectivity index (χ1n) is 17.6. The van der Waals surface area contributed by atoms with Crippen LogP contribution in [0, 0.1) is 0 Å². The van der Waals surface area contributed by atoms with Crippen LogP contribution in [-0.2, 0) is 10.8 Å². The number of anilines is 3. The predicted molar refractivity (Wildman–Crippen MR) is 209 cm³/mol. The van der Waals surface area contributed by atoms with Gasteiger partial charge in [-0.2, -0.15) is 0 Å². The van der Waals surface area contributed by atoms with Crippen molar-refractivity contribution < 1.29 is 4.42 Å². The number of hydrogen-bond donors (Lipinski definition) is 0. The van der Waals surface area contributed by atoms with Crippen molar-refractivity contribution in [3.05, 3.63) is 174 Å². The van der Waals surface area contributed by atoms with Gasteiger partial charge in [0.05, 0.1) is 5.69 Å². The van der Waals surface area contributed by atoms with Gasteiger partial charge in [0, 0.05) is 33.0 Å². The van der Waals surface area contributed by atoms with Crippen molar-refractivity contribution in [3.63, 3.8) is 0 Å². The second-order valence-corrected chi connectivity index (χ2v) is 14.9. The summed E-state index contributed by atoms with van der Waals surface area (Å²) in [6.07, 6.45) is 0. The molecule has 0 saturated heterocycles. The Labute approximate surface area is 293 Å². The van der Waals surface area contributed by atoms with Gasteiger partial charge in [0.15, 0.2) is 5.58 Å². The molecule has 240 valence electrons. The van der Waals surface area contributed by atoms with E-state index < -0.39 is 0 Å². The summed E-state index contributed by atoms with van der Waals surface area (Å²) in [6, 6.07) is 55.4. The molecular weight excluding hydrogens is 607 g/mol. The monoisotopic (exact) mass is 643 g/mol. The van der Waals surface area contributed by atoms with Crippen molar-refractivity contribution in [2.75, 3.05) is 4.90 Å². The van der Waals surface area contributed by atoms with Crippen molar-refractivity contribution in [2.45, 2.75) is 38.5 Å². The Hall–Kier alpha value is -5.86. The standard InChI is InChI=1S/C48H37NO/c1-47(2)39-19-11-8-16-34(39)36-27-26-33(28-41(36)47)49(32-24-22-31(23-25-32)30-14-6-5-7-15-30)42-29-38-35-17-9-12-20-40(35)48(3,4)45(38)44-37-18-10-13-21-43(37)50-46(42)44/h5-29H,1-4H3. The Kier molecular flexibility index (Phi) is 6.01. The number of rotatable bonds is 4. The minimum atomic E-state index is -0.180. The smallest absolute Gasteiger partial charge is 0.159 e. The SMILES string of the molecule is CC1(C)c2ccccc2-c2ccc(N(c3ccc(-c4ccccc4)cc3)c3cc4c(c5c3oc3ccccc35)C(C)(C)c3ccccc3-4)cc21. The minimum Gasteiger partial charge on any atom is -0.454 e. The fourth-order valence-corrected chi connectivity index (χ4v) is 9.00. The molecule has 0 aliphatic heterocycles. The molecule has 0 bridgehead atoms. The summed E-state index contributed by atoms with van der Waals surface area (Å²) in [5.74, 6) is 0. The molecule has 0 atom stereocenters. The van der Waals surface area contributed by atoms with Crippen LogP contribution in [-0.4, -0.2) is 0 Å². The van der Waals surface area contributed by atoms with Crippen LogP contribution in [0.1, 0.15) is 49.9 Å². The second-order valence-electron chi connectivity index (χ2n) is 14.9. The van der Waals surface area contributed by atoms with Crippen LogP contribution in [0.4, 0.5) is 17.1 Å². The minimum absolute atomic E-state index is 0.125. The zero-order valence-electron chi connectivity index (χ0n) is 28.8. The van der Waals surface area contributed by atoms with Crippen molar-refractivity contribution in [1.82, 2.24) is 0 Å². The summed E-state index contributed by atoms with van der Waals surface area (Å²) in [4.78, 5) is 2.42. The van der Waals surface area contributed by atoms with Crippen LogP contribution in [0.25, 0.3) is 55.3 Å². The van der Waals surface area contributed by atoms with Crippen LogP contribution in [0.3, 0.4) is 0 Å². The second kappa shape index (κ2) is 10.3. The third-order valence-electron chi connectivity index (χ3n) is 11.4. The molecule has 0 saturated carbocycles. The molecule has 2 nitrogen and oxygen atoms in total. The Morgan fingerprint density at radius 1 is 0.460 bits per heavy atom. The number of fused-ring (bicyclic) bond motifs is 10. The van der Waals surface area contributed by atoms with E-state index in [-0.39, 0.29) is 10.8 Å². The van der Waals surface area contributed by atoms with Gasteiger partial charge in [-0.15, -0.1) is 0 Å². The van der Waals surface area contributed by atoms with Gasteiger partial charge < -0.3 is 9.32 Å². The molecule has 1 heterocycles. The molecule has 1 aromatic heterocycles. The predicted octanol–water partition coefficient (Wildman–Crippen LogP) is 13.3. The van der Waals surface area contributed by atoms with E-state index in [9.17, 15) is 0 Å². The Bertz CT molecular complexity index is 2640. The Morgan fingerprint density at radius 2 is 1.04 bits per heavy atom. The van der Waals surface area contributed by atoms with Gasteiger partial charge in [0.2, 0.25) is 0 Å². The third-order valence-corrected chi connectivity index (χ3v) is 11.4. The highest BCUT2D eigenvalue weighted by Crippen LogP contribution is 2.57. The maximum atomic E-state index is 6.96. The molecule has 7 aromatic carbocycles. The lowest BCUT2D eigenvalue weighted by atomic mass is 9.80. The molecule has 50 heavy (non-hydrogen) atoms. The Morgan fingerprint density at radius 3 is 1.80 bits per heavy atom. The van der Waals surface area contributed by atoms with E-state index >= 15 is 0 Å². The highest BCUT2D eigenvalue weighted by Gasteiger charge is 2.40. The quantitative estimate of drug-likeness (QED) is 0.190. The molecule has 0 amide bonds. The fraction of sp³-hybridized carbons (Fsp3) is 0.125. The third kappa shape index (κ3) is 3.96. The van der Waals surface area contributed by atoms with Gasteiger partial charge in [-0.05, 0) is 92.0 Å². The molecule has 0 unspecified atom stereocenters. The van der Waals surface area contributed by atoms with Crippen LogP contribution in [0.15, 0.2) is 156 Å². The lowest BCUT2D eigenvalue weighted by Gasteiger charge is -2.29. The first kappa shape index (κ1) is 29.1. The summed E-state index contributed by atoms with van der Waals surface area (Å²) in [5, 5.41) is 2.36. The van der Waals surface area contributed by atoms with Crippen molar-refractivity contribution in [2.24, 2.45) is 0 Å². The fourth-order valence-electron chi connectivity index (χ4n) is 9.00. The summed E-state index contributed by atoms with van der Waals surface area (Å²) < 4.78 is 6.96. The topological polar surface area (TPSA) is 16.4 Å². The molecule has 0 fully saturated rings. The molecule has 2 aliphatic rings. The van der Waals surface area contributed by atoms with Crippen LogP contribution < -0.4 is 4.90 Å². The molecule has 10 rings (SSSR count). The Balaban J connectivity index is 1.27. The van der Waals surface area contributed by atoms with E-state index in [1.807, 2.05) is 0 Å². The number of benzene rings is 7. The van der Waals surface area contributed by atoms with Gasteiger partial charge in [-0.3, -0.25) is 0 Å². The summed E-state index contributed by atoms with van der Waals surface area (Å²) in [6.45, 7) is 9.43. The van der Waals surface area contributed by atoms with E-state index in [0.717, 1.165) is 33.6 Å². The molecule has 8 aromatic rings. The lowest BCUT2D eigenvalue weighted by molar-refractivity contribution is 0.656. The van der Waals surface area contributed by atoms with Gasteiger partial charge in [0.25, 0.3) is 0 Å². The summed E-state index contributed by atoms with van der Waals surface area (Å²) in [7, 11) is 0. The van der Waals surface area contributed by atoms with Gasteiger partial charge >= 0.3 is 0 Å². The average Bonchev–Trinajstić information content (AvgIpc) is 3.72. The van der Waals surface area contributed by atoms with Crippen molar-refractivity contribution in [3.8, 4) is 33.4 Å². The molecule has 0 N–H and O–H groups in total. The van der Waals surface area contributed by atoms with Gasteiger partial charge in [0.1, 0.15) is 5.58 Å². The van der Waals surface area contributed by atoms with Crippen molar-refractivity contribution >= 4 is 39.0 Å². The summed E-state index contributed by atoms with van der Waals surface area (Å²) in [5.41, 5.74) is 17.8. The summed E-state index contributed by atoms with van der Waals surface area (Å²) >= 11 is 0. The van der Waals surface area contributed by atoms with E-state index in [0.29, 0.717) is 0 Å². The highest BCUT2D eigenvalue weighted by atomic mass is 16.3. The average molecular weight is 644 g/mol. The number of hydrogen-bond acceptors (Lipinski definition) is 2. The molecular formula is C48H37NO. The van der Waals surface area contributed by atoms with E-state index in [1.165, 1.54) is 61.0 Å². The maximum absolute atomic E-state index is 6.96. The highest BCUT2D eigenvalue weighted by molar-refractivity contribution is 6.16. The molecule has 0 spiro atoms. The van der Waals surface area contributed by atoms with E-state index in [1.54, 1.807) is 0 Å². The number of nitrogens with zero attached hydrogens (tertiary/aromatic N) is 1. The maximum Gasteiger partial charge on any atom is 0.159 e. The van der Waals surface area contributed by atoms with Crippen LogP contribution in [0.5, 0.6) is 0 Å². The van der Waals surface area contributed by atoms with Crippen LogP contribution in [0.2, 0.25) is 0 Å². The molecule has 2 aliphatic carbocycles. The van der Waals surface area contributed by atoms with Gasteiger partial charge in [-0.1, -0.05) is 143 Å². The van der Waals surface area contributed by atoms with Crippen LogP contribution >= 0.6 is 0 Å². The zero-order chi connectivity index (χ0) is 33.8. The largest absolute Gasteiger partial charge is 0.454 e. The van der Waals surface area contributed by atoms with Crippen molar-refractivity contribution in [1.29, 1.82) is 0 Å².